The Morgan fingerprint density at radius 3 is 2.67 bits per heavy atom. The normalized spacial score (nSPS) is 12.6. The van der Waals surface area contributed by atoms with Crippen LogP contribution in [0.2, 0.25) is 10.0 Å². The van der Waals surface area contributed by atoms with Gasteiger partial charge in [0.2, 0.25) is 0 Å². The third-order valence-electron chi connectivity index (χ3n) is 2.85. The molecule has 0 saturated heterocycles. The van der Waals surface area contributed by atoms with Crippen molar-refractivity contribution in [2.75, 3.05) is 20.3 Å². The van der Waals surface area contributed by atoms with E-state index in [1.165, 1.54) is 16.8 Å². The first-order chi connectivity index (χ1) is 10.0. The molecule has 0 fully saturated rings. The lowest BCUT2D eigenvalue weighted by atomic mass is 10.2. The first kappa shape index (κ1) is 16.1. The van der Waals surface area contributed by atoms with Gasteiger partial charge in [0.05, 0.1) is 28.4 Å². The number of hydrogen-bond acceptors (Lipinski definition) is 5. The zero-order valence-corrected chi connectivity index (χ0v) is 13.0. The van der Waals surface area contributed by atoms with Crippen LogP contribution in [0.1, 0.15) is 18.8 Å². The van der Waals surface area contributed by atoms with Gasteiger partial charge in [-0.25, -0.2) is 4.39 Å². The second-order valence-electron chi connectivity index (χ2n) is 4.34. The van der Waals surface area contributed by atoms with Crippen molar-refractivity contribution in [1.29, 1.82) is 0 Å². The van der Waals surface area contributed by atoms with E-state index < -0.39 is 5.82 Å². The summed E-state index contributed by atoms with van der Waals surface area (Å²) in [5, 5.41) is 14.5. The van der Waals surface area contributed by atoms with Gasteiger partial charge in [-0.1, -0.05) is 23.2 Å². The van der Waals surface area contributed by atoms with Crippen LogP contribution in [0, 0.1) is 5.82 Å². The van der Waals surface area contributed by atoms with Gasteiger partial charge in [0.25, 0.3) is 0 Å². The highest BCUT2D eigenvalue weighted by atomic mass is 35.5. The predicted molar refractivity (Wildman–Crippen MR) is 77.4 cm³/mol. The largest absolute Gasteiger partial charge is 0.383 e. The number of halogens is 3. The highest BCUT2D eigenvalue weighted by Crippen LogP contribution is 2.27. The molecule has 1 aromatic heterocycles. The Hall–Kier alpha value is -1.28. The summed E-state index contributed by atoms with van der Waals surface area (Å²) >= 11 is 11.6. The average Bonchev–Trinajstić information content (AvgIpc) is 2.94. The molecule has 0 spiro atoms. The molecule has 0 saturated carbocycles. The molecule has 0 radical (unpaired) electrons. The molecule has 1 atom stereocenters. The maximum atomic E-state index is 13.5. The Morgan fingerprint density at radius 2 is 2.05 bits per heavy atom. The van der Waals surface area contributed by atoms with Crippen molar-refractivity contribution in [3.8, 4) is 5.69 Å². The van der Waals surface area contributed by atoms with Gasteiger partial charge in [-0.3, -0.25) is 0 Å². The molecule has 6 nitrogen and oxygen atoms in total. The molecule has 1 N–H and O–H groups in total. The number of benzene rings is 1. The monoisotopic (exact) mass is 333 g/mol. The van der Waals surface area contributed by atoms with Crippen LogP contribution in [0.4, 0.5) is 4.39 Å². The first-order valence-electron chi connectivity index (χ1n) is 6.20. The number of hydrogen-bond donors (Lipinski definition) is 1. The lowest BCUT2D eigenvalue weighted by molar-refractivity contribution is 0.196. The molecule has 0 bridgehead atoms. The van der Waals surface area contributed by atoms with Crippen LogP contribution < -0.4 is 5.32 Å². The topological polar surface area (TPSA) is 64.9 Å². The minimum Gasteiger partial charge on any atom is -0.383 e. The van der Waals surface area contributed by atoms with Gasteiger partial charge in [-0.05, 0) is 29.5 Å². The lowest BCUT2D eigenvalue weighted by Crippen LogP contribution is -2.25. The van der Waals surface area contributed by atoms with E-state index in [-0.39, 0.29) is 16.1 Å². The van der Waals surface area contributed by atoms with E-state index in [2.05, 4.69) is 20.8 Å². The summed E-state index contributed by atoms with van der Waals surface area (Å²) < 4.78 is 19.9. The van der Waals surface area contributed by atoms with Gasteiger partial charge in [0.15, 0.2) is 11.6 Å². The first-order valence-corrected chi connectivity index (χ1v) is 6.95. The molecular formula is C12H14Cl2FN5O. The predicted octanol–water partition coefficient (Wildman–Crippen LogP) is 2.41. The number of methoxy groups -OCH3 is 1. The molecular weight excluding hydrogens is 320 g/mol. The van der Waals surface area contributed by atoms with Crippen molar-refractivity contribution in [2.24, 2.45) is 0 Å². The van der Waals surface area contributed by atoms with E-state index in [0.717, 1.165) is 0 Å². The molecule has 1 aromatic carbocycles. The van der Waals surface area contributed by atoms with Gasteiger partial charge in [0.1, 0.15) is 0 Å². The highest BCUT2D eigenvalue weighted by Gasteiger charge is 2.17. The molecule has 1 unspecified atom stereocenters. The Morgan fingerprint density at radius 1 is 1.38 bits per heavy atom. The van der Waals surface area contributed by atoms with Crippen LogP contribution in [0.15, 0.2) is 12.1 Å². The van der Waals surface area contributed by atoms with Crippen molar-refractivity contribution in [3.63, 3.8) is 0 Å². The smallest absolute Gasteiger partial charge is 0.173 e. The summed E-state index contributed by atoms with van der Waals surface area (Å²) in [5.74, 6) is -0.104. The second-order valence-corrected chi connectivity index (χ2v) is 5.16. The third kappa shape index (κ3) is 3.68. The molecule has 21 heavy (non-hydrogen) atoms. The summed E-state index contributed by atoms with van der Waals surface area (Å²) in [5.41, 5.74) is 0.492. The third-order valence-corrected chi connectivity index (χ3v) is 3.40. The minimum atomic E-state index is -0.664. The van der Waals surface area contributed by atoms with Crippen molar-refractivity contribution in [3.05, 3.63) is 33.8 Å². The fourth-order valence-electron chi connectivity index (χ4n) is 1.78. The fourth-order valence-corrected chi connectivity index (χ4v) is 2.26. The molecule has 0 amide bonds. The molecule has 114 valence electrons. The number of aromatic nitrogens is 4. The van der Waals surface area contributed by atoms with Gasteiger partial charge in [-0.15, -0.1) is 5.10 Å². The van der Waals surface area contributed by atoms with Gasteiger partial charge < -0.3 is 10.1 Å². The van der Waals surface area contributed by atoms with Gasteiger partial charge in [-0.2, -0.15) is 4.68 Å². The van der Waals surface area contributed by atoms with E-state index in [1.807, 2.05) is 6.92 Å². The van der Waals surface area contributed by atoms with Crippen LogP contribution in [-0.4, -0.2) is 40.5 Å². The molecule has 0 aliphatic rings. The molecule has 1 heterocycles. The zero-order valence-electron chi connectivity index (χ0n) is 11.5. The summed E-state index contributed by atoms with van der Waals surface area (Å²) in [6.45, 7) is 3.13. The maximum absolute atomic E-state index is 13.5. The average molecular weight is 334 g/mol. The summed E-state index contributed by atoms with van der Waals surface area (Å²) in [6.07, 6.45) is 0. The Bertz CT molecular complexity index is 598. The van der Waals surface area contributed by atoms with E-state index in [4.69, 9.17) is 27.9 Å². The van der Waals surface area contributed by atoms with E-state index in [0.29, 0.717) is 24.7 Å². The van der Waals surface area contributed by atoms with E-state index >= 15 is 0 Å². The fraction of sp³-hybridized carbons (Fsp3) is 0.417. The number of rotatable bonds is 6. The van der Waals surface area contributed by atoms with Gasteiger partial charge in [0, 0.05) is 13.7 Å². The van der Waals surface area contributed by atoms with Crippen LogP contribution in [0.3, 0.4) is 0 Å². The number of nitrogens with zero attached hydrogens (tertiary/aromatic N) is 4. The van der Waals surface area contributed by atoms with Crippen LogP contribution in [0.5, 0.6) is 0 Å². The van der Waals surface area contributed by atoms with Gasteiger partial charge >= 0.3 is 0 Å². The van der Waals surface area contributed by atoms with Crippen molar-refractivity contribution >= 4 is 23.2 Å². The zero-order chi connectivity index (χ0) is 15.4. The molecule has 2 rings (SSSR count). The highest BCUT2D eigenvalue weighted by molar-refractivity contribution is 6.35. The van der Waals surface area contributed by atoms with E-state index in [1.54, 1.807) is 7.11 Å². The molecule has 0 aliphatic heterocycles. The van der Waals surface area contributed by atoms with Crippen LogP contribution in [-0.2, 0) is 4.74 Å². The second kappa shape index (κ2) is 7.13. The standard InChI is InChI=1S/C12H14Cl2FN5O/c1-7(16-3-4-21-2)12-17-18-19-20(12)8-5-9(13)11(15)10(14)6-8/h5-7,16H,3-4H2,1-2H3. The molecule has 9 heteroatoms. The number of ether oxygens (including phenoxy) is 1. The summed E-state index contributed by atoms with van der Waals surface area (Å²) in [6, 6.07) is 2.72. The number of tetrazole rings is 1. The Balaban J connectivity index is 2.28. The quantitative estimate of drug-likeness (QED) is 0.649. The molecule has 2 aromatic rings. The SMILES string of the molecule is COCCNC(C)c1nnnn1-c1cc(Cl)c(F)c(Cl)c1. The van der Waals surface area contributed by atoms with Crippen molar-refractivity contribution < 1.29 is 9.13 Å². The lowest BCUT2D eigenvalue weighted by Gasteiger charge is -2.13. The summed E-state index contributed by atoms with van der Waals surface area (Å²) in [4.78, 5) is 0. The summed E-state index contributed by atoms with van der Waals surface area (Å²) in [7, 11) is 1.62. The van der Waals surface area contributed by atoms with Crippen LogP contribution in [0.25, 0.3) is 5.69 Å². The Labute approximate surface area is 131 Å². The minimum absolute atomic E-state index is 0.0843. The maximum Gasteiger partial charge on any atom is 0.173 e. The van der Waals surface area contributed by atoms with Crippen LogP contribution >= 0.6 is 23.2 Å². The van der Waals surface area contributed by atoms with E-state index in [9.17, 15) is 4.39 Å². The number of nitrogens with one attached hydrogen (secondary N) is 1. The van der Waals surface area contributed by atoms with Crippen molar-refractivity contribution in [1.82, 2.24) is 25.5 Å². The molecule has 0 aliphatic carbocycles. The Kier molecular flexibility index (Phi) is 5.46. The van der Waals surface area contributed by atoms with Crippen molar-refractivity contribution in [2.45, 2.75) is 13.0 Å².